The zero-order valence-electron chi connectivity index (χ0n) is 14.8. The highest BCUT2D eigenvalue weighted by molar-refractivity contribution is 5.91. The number of carbonyl (C=O) groups is 1. The summed E-state index contributed by atoms with van der Waals surface area (Å²) in [6.07, 6.45) is 4.97. The molecule has 0 unspecified atom stereocenters. The standard InChI is InChI=1S/C21H26N2O2/c1-25-20-8-4-3-7-17(20)9-14-21(24)22-18-10-12-19(13-11-18)23-15-5-2-6-16-23/h3-4,7-8,10-13H,2,5-6,9,14-16H2,1H3,(H,22,24). The van der Waals surface area contributed by atoms with Crippen molar-refractivity contribution in [2.24, 2.45) is 0 Å². The number of ether oxygens (including phenoxy) is 1. The number of nitrogens with zero attached hydrogens (tertiary/aromatic N) is 1. The van der Waals surface area contributed by atoms with Gasteiger partial charge >= 0.3 is 0 Å². The second kappa shape index (κ2) is 8.56. The highest BCUT2D eigenvalue weighted by atomic mass is 16.5. The third-order valence-corrected chi connectivity index (χ3v) is 4.69. The lowest BCUT2D eigenvalue weighted by Gasteiger charge is -2.28. The van der Waals surface area contributed by atoms with Crippen LogP contribution in [0.4, 0.5) is 11.4 Å². The van der Waals surface area contributed by atoms with Gasteiger partial charge in [-0.25, -0.2) is 0 Å². The predicted molar refractivity (Wildman–Crippen MR) is 102 cm³/mol. The van der Waals surface area contributed by atoms with E-state index in [9.17, 15) is 4.79 Å². The highest BCUT2D eigenvalue weighted by Crippen LogP contribution is 2.22. The lowest BCUT2D eigenvalue weighted by atomic mass is 10.1. The van der Waals surface area contributed by atoms with Crippen LogP contribution in [0.15, 0.2) is 48.5 Å². The molecule has 0 spiro atoms. The number of benzene rings is 2. The molecule has 2 aromatic rings. The number of carbonyl (C=O) groups excluding carboxylic acids is 1. The first-order valence-electron chi connectivity index (χ1n) is 9.03. The van der Waals surface area contributed by atoms with Crippen molar-refractivity contribution in [3.05, 3.63) is 54.1 Å². The van der Waals surface area contributed by atoms with E-state index in [1.54, 1.807) is 7.11 Å². The summed E-state index contributed by atoms with van der Waals surface area (Å²) in [5.41, 5.74) is 3.15. The molecule has 4 nitrogen and oxygen atoms in total. The molecule has 0 atom stereocenters. The number of nitrogens with one attached hydrogen (secondary N) is 1. The Labute approximate surface area is 149 Å². The van der Waals surface area contributed by atoms with E-state index in [0.29, 0.717) is 12.8 Å². The van der Waals surface area contributed by atoms with Gasteiger partial charge in [-0.3, -0.25) is 4.79 Å². The molecule has 4 heteroatoms. The normalized spacial score (nSPS) is 14.2. The predicted octanol–water partition coefficient (Wildman–Crippen LogP) is 4.26. The number of methoxy groups -OCH3 is 1. The molecule has 0 aromatic heterocycles. The summed E-state index contributed by atoms with van der Waals surface area (Å²) in [4.78, 5) is 14.6. The summed E-state index contributed by atoms with van der Waals surface area (Å²) >= 11 is 0. The average molecular weight is 338 g/mol. The maximum Gasteiger partial charge on any atom is 0.224 e. The van der Waals surface area contributed by atoms with E-state index < -0.39 is 0 Å². The second-order valence-electron chi connectivity index (χ2n) is 6.45. The number of amides is 1. The summed E-state index contributed by atoms with van der Waals surface area (Å²) in [5, 5.41) is 2.98. The lowest BCUT2D eigenvalue weighted by molar-refractivity contribution is -0.116. The molecule has 1 fully saturated rings. The Kier molecular flexibility index (Phi) is 5.94. The van der Waals surface area contributed by atoms with Gasteiger partial charge < -0.3 is 15.0 Å². The minimum Gasteiger partial charge on any atom is -0.496 e. The fraction of sp³-hybridized carbons (Fsp3) is 0.381. The van der Waals surface area contributed by atoms with Gasteiger partial charge in [0.15, 0.2) is 0 Å². The molecule has 2 aromatic carbocycles. The Morgan fingerprint density at radius 3 is 2.48 bits per heavy atom. The number of anilines is 2. The van der Waals surface area contributed by atoms with Crippen molar-refractivity contribution in [3.8, 4) is 5.75 Å². The van der Waals surface area contributed by atoms with Crippen LogP contribution in [0.2, 0.25) is 0 Å². The number of hydrogen-bond acceptors (Lipinski definition) is 3. The third-order valence-electron chi connectivity index (χ3n) is 4.69. The Balaban J connectivity index is 1.52. The minimum atomic E-state index is 0.0247. The van der Waals surface area contributed by atoms with Crippen molar-refractivity contribution < 1.29 is 9.53 Å². The molecule has 0 bridgehead atoms. The number of rotatable bonds is 6. The van der Waals surface area contributed by atoms with Gasteiger partial charge in [-0.1, -0.05) is 18.2 Å². The lowest BCUT2D eigenvalue weighted by Crippen LogP contribution is -2.29. The zero-order valence-corrected chi connectivity index (χ0v) is 14.8. The molecule has 1 heterocycles. The molecule has 1 saturated heterocycles. The quantitative estimate of drug-likeness (QED) is 0.856. The molecule has 132 valence electrons. The summed E-state index contributed by atoms with van der Waals surface area (Å²) < 4.78 is 5.33. The molecule has 0 radical (unpaired) electrons. The topological polar surface area (TPSA) is 41.6 Å². The van der Waals surface area contributed by atoms with Gasteiger partial charge in [-0.15, -0.1) is 0 Å². The van der Waals surface area contributed by atoms with Gasteiger partial charge in [0.1, 0.15) is 5.75 Å². The van der Waals surface area contributed by atoms with E-state index >= 15 is 0 Å². The van der Waals surface area contributed by atoms with E-state index in [0.717, 1.165) is 30.1 Å². The maximum atomic E-state index is 12.2. The van der Waals surface area contributed by atoms with Crippen molar-refractivity contribution >= 4 is 17.3 Å². The first-order valence-corrected chi connectivity index (χ1v) is 9.03. The molecule has 1 aliphatic rings. The van der Waals surface area contributed by atoms with E-state index in [2.05, 4.69) is 22.3 Å². The van der Waals surface area contributed by atoms with Crippen LogP contribution in [0.25, 0.3) is 0 Å². The van der Waals surface area contributed by atoms with Crippen LogP contribution < -0.4 is 15.0 Å². The van der Waals surface area contributed by atoms with Crippen LogP contribution in [0.1, 0.15) is 31.2 Å². The summed E-state index contributed by atoms with van der Waals surface area (Å²) in [6.45, 7) is 2.26. The molecule has 1 amide bonds. The molecule has 25 heavy (non-hydrogen) atoms. The van der Waals surface area contributed by atoms with Crippen molar-refractivity contribution in [2.45, 2.75) is 32.1 Å². The molecule has 0 aliphatic carbocycles. The van der Waals surface area contributed by atoms with Crippen molar-refractivity contribution in [3.63, 3.8) is 0 Å². The molecule has 0 saturated carbocycles. The number of hydrogen-bond donors (Lipinski definition) is 1. The highest BCUT2D eigenvalue weighted by Gasteiger charge is 2.11. The van der Waals surface area contributed by atoms with E-state index in [4.69, 9.17) is 4.74 Å². The second-order valence-corrected chi connectivity index (χ2v) is 6.45. The van der Waals surface area contributed by atoms with Crippen LogP contribution >= 0.6 is 0 Å². The zero-order chi connectivity index (χ0) is 17.5. The van der Waals surface area contributed by atoms with Gasteiger partial charge in [0.05, 0.1) is 7.11 Å². The van der Waals surface area contributed by atoms with Crippen LogP contribution in [0.3, 0.4) is 0 Å². The third kappa shape index (κ3) is 4.75. The van der Waals surface area contributed by atoms with Gasteiger partial charge in [-0.2, -0.15) is 0 Å². The molecule has 3 rings (SSSR count). The Morgan fingerprint density at radius 1 is 1.04 bits per heavy atom. The average Bonchev–Trinajstić information content (AvgIpc) is 2.68. The van der Waals surface area contributed by atoms with Crippen molar-refractivity contribution in [1.82, 2.24) is 0 Å². The molecular weight excluding hydrogens is 312 g/mol. The fourth-order valence-electron chi connectivity index (χ4n) is 3.29. The number of aryl methyl sites for hydroxylation is 1. The number of piperidine rings is 1. The Hall–Kier alpha value is -2.49. The summed E-state index contributed by atoms with van der Waals surface area (Å²) in [6, 6.07) is 16.0. The summed E-state index contributed by atoms with van der Waals surface area (Å²) in [7, 11) is 1.66. The Morgan fingerprint density at radius 2 is 1.76 bits per heavy atom. The SMILES string of the molecule is COc1ccccc1CCC(=O)Nc1ccc(N2CCCCC2)cc1. The largest absolute Gasteiger partial charge is 0.496 e. The molecule has 1 N–H and O–H groups in total. The van der Waals surface area contributed by atoms with Crippen molar-refractivity contribution in [1.29, 1.82) is 0 Å². The maximum absolute atomic E-state index is 12.2. The van der Waals surface area contributed by atoms with Crippen LogP contribution in [-0.2, 0) is 11.2 Å². The molecule has 1 aliphatic heterocycles. The summed E-state index contributed by atoms with van der Waals surface area (Å²) in [5.74, 6) is 0.859. The Bertz CT molecular complexity index is 691. The minimum absolute atomic E-state index is 0.0247. The number of para-hydroxylation sites is 1. The van der Waals surface area contributed by atoms with E-state index in [-0.39, 0.29) is 5.91 Å². The van der Waals surface area contributed by atoms with Crippen LogP contribution in [0.5, 0.6) is 5.75 Å². The molecular formula is C21H26N2O2. The fourth-order valence-corrected chi connectivity index (χ4v) is 3.29. The van der Waals surface area contributed by atoms with E-state index in [1.807, 2.05) is 36.4 Å². The van der Waals surface area contributed by atoms with Gasteiger partial charge in [0.25, 0.3) is 0 Å². The first-order chi connectivity index (χ1) is 12.3. The van der Waals surface area contributed by atoms with E-state index in [1.165, 1.54) is 24.9 Å². The van der Waals surface area contributed by atoms with Gasteiger partial charge in [0.2, 0.25) is 5.91 Å². The van der Waals surface area contributed by atoms with Crippen LogP contribution in [0, 0.1) is 0 Å². The first kappa shape index (κ1) is 17.3. The van der Waals surface area contributed by atoms with Gasteiger partial charge in [-0.05, 0) is 61.6 Å². The monoisotopic (exact) mass is 338 g/mol. The van der Waals surface area contributed by atoms with Crippen molar-refractivity contribution in [2.75, 3.05) is 30.4 Å². The van der Waals surface area contributed by atoms with Gasteiger partial charge in [0, 0.05) is 30.9 Å². The smallest absolute Gasteiger partial charge is 0.224 e. The van der Waals surface area contributed by atoms with Crippen LogP contribution in [-0.4, -0.2) is 26.1 Å².